The number of aromatic amines is 2. The van der Waals surface area contributed by atoms with Crippen LogP contribution < -0.4 is 5.73 Å². The van der Waals surface area contributed by atoms with E-state index >= 15 is 0 Å². The van der Waals surface area contributed by atoms with Crippen molar-refractivity contribution in [2.75, 3.05) is 0 Å². The minimum absolute atomic E-state index is 0.432. The van der Waals surface area contributed by atoms with Gasteiger partial charge in [-0.15, -0.1) is 0 Å². The quantitative estimate of drug-likeness (QED) is 0.665. The molecular weight excluding hydrogens is 242 g/mol. The topological polar surface area (TPSA) is 100 Å². The molecule has 3 heterocycles. The van der Waals surface area contributed by atoms with Gasteiger partial charge in [-0.25, -0.2) is 9.97 Å². The zero-order valence-corrected chi connectivity index (χ0v) is 10.7. The number of fused-ring (bicyclic) bond motifs is 3. The molecule has 0 fully saturated rings. The highest BCUT2D eigenvalue weighted by atomic mass is 16.1. The van der Waals surface area contributed by atoms with E-state index in [1.807, 2.05) is 0 Å². The number of H-pyrrole nitrogens is 2. The summed E-state index contributed by atoms with van der Waals surface area (Å²) in [6, 6.07) is 0. The summed E-state index contributed by atoms with van der Waals surface area (Å²) >= 11 is 0. The standard InChI is InChI=1S/C13H15N5O/c1-2-3-4-9-17-8-6-16-13-10(11(8)18-9)7(5-15-13)12(14)19/h5-6H,2-4H2,1H3,(H2,14,19)(H,15,16)(H,17,18). The van der Waals surface area contributed by atoms with Gasteiger partial charge >= 0.3 is 0 Å². The van der Waals surface area contributed by atoms with Gasteiger partial charge < -0.3 is 15.7 Å². The van der Waals surface area contributed by atoms with E-state index in [2.05, 4.69) is 26.9 Å². The smallest absolute Gasteiger partial charge is 0.251 e. The van der Waals surface area contributed by atoms with Crippen LogP contribution in [-0.2, 0) is 6.42 Å². The van der Waals surface area contributed by atoms with E-state index in [9.17, 15) is 4.79 Å². The Bertz CT molecular complexity index is 755. The van der Waals surface area contributed by atoms with E-state index in [0.29, 0.717) is 16.6 Å². The van der Waals surface area contributed by atoms with E-state index in [1.54, 1.807) is 12.4 Å². The van der Waals surface area contributed by atoms with Gasteiger partial charge in [0.05, 0.1) is 22.7 Å². The number of carbonyl (C=O) groups is 1. The lowest BCUT2D eigenvalue weighted by molar-refractivity contribution is 0.100. The van der Waals surface area contributed by atoms with Crippen LogP contribution in [-0.4, -0.2) is 25.8 Å². The second-order valence-electron chi connectivity index (χ2n) is 4.60. The third kappa shape index (κ3) is 1.85. The minimum Gasteiger partial charge on any atom is -0.366 e. The number of amides is 1. The van der Waals surface area contributed by atoms with Crippen molar-refractivity contribution in [3.05, 3.63) is 23.8 Å². The molecule has 3 rings (SSSR count). The molecule has 0 aliphatic rings. The van der Waals surface area contributed by atoms with Crippen molar-refractivity contribution in [3.8, 4) is 0 Å². The number of primary amides is 1. The molecule has 3 aromatic heterocycles. The molecule has 0 spiro atoms. The number of aryl methyl sites for hydroxylation is 1. The Kier molecular flexibility index (Phi) is 2.70. The first-order chi connectivity index (χ1) is 9.20. The second kappa shape index (κ2) is 4.38. The summed E-state index contributed by atoms with van der Waals surface area (Å²) in [6.45, 7) is 2.14. The Hall–Kier alpha value is -2.37. The third-order valence-corrected chi connectivity index (χ3v) is 3.23. The van der Waals surface area contributed by atoms with Crippen molar-refractivity contribution in [2.45, 2.75) is 26.2 Å². The SMILES string of the molecule is CCCCc1nc2c(cnc3[nH]cc(C(N)=O)c32)[nH]1. The molecule has 98 valence electrons. The van der Waals surface area contributed by atoms with E-state index in [-0.39, 0.29) is 0 Å². The molecule has 4 N–H and O–H groups in total. The largest absolute Gasteiger partial charge is 0.366 e. The van der Waals surface area contributed by atoms with Crippen LogP contribution in [0.4, 0.5) is 0 Å². The number of pyridine rings is 1. The summed E-state index contributed by atoms with van der Waals surface area (Å²) in [5.74, 6) is 0.446. The Morgan fingerprint density at radius 1 is 1.47 bits per heavy atom. The zero-order valence-electron chi connectivity index (χ0n) is 10.7. The number of imidazole rings is 1. The molecule has 19 heavy (non-hydrogen) atoms. The Morgan fingerprint density at radius 3 is 3.05 bits per heavy atom. The molecule has 0 saturated carbocycles. The predicted octanol–water partition coefficient (Wildman–Crippen LogP) is 1.88. The lowest BCUT2D eigenvalue weighted by atomic mass is 10.2. The molecule has 6 nitrogen and oxygen atoms in total. The fraction of sp³-hybridized carbons (Fsp3) is 0.308. The molecule has 0 aliphatic carbocycles. The van der Waals surface area contributed by atoms with Crippen LogP contribution in [0.2, 0.25) is 0 Å². The van der Waals surface area contributed by atoms with Gasteiger partial charge in [-0.2, -0.15) is 0 Å². The summed E-state index contributed by atoms with van der Waals surface area (Å²) in [4.78, 5) is 26.5. The highest BCUT2D eigenvalue weighted by Crippen LogP contribution is 2.25. The number of unbranched alkanes of at least 4 members (excludes halogenated alkanes) is 1. The van der Waals surface area contributed by atoms with Crippen LogP contribution in [0.1, 0.15) is 35.9 Å². The van der Waals surface area contributed by atoms with Crippen molar-refractivity contribution in [1.29, 1.82) is 0 Å². The maximum Gasteiger partial charge on any atom is 0.251 e. The van der Waals surface area contributed by atoms with Crippen LogP contribution in [0.15, 0.2) is 12.4 Å². The molecular formula is C13H15N5O. The number of carbonyl (C=O) groups excluding carboxylic acids is 1. The Labute approximate surface area is 109 Å². The summed E-state index contributed by atoms with van der Waals surface area (Å²) in [5.41, 5.74) is 8.03. The van der Waals surface area contributed by atoms with E-state index < -0.39 is 5.91 Å². The molecule has 0 atom stereocenters. The molecule has 0 unspecified atom stereocenters. The zero-order chi connectivity index (χ0) is 13.4. The first kappa shape index (κ1) is 11.7. The summed E-state index contributed by atoms with van der Waals surface area (Å²) in [5, 5.41) is 0.698. The fourth-order valence-corrected chi connectivity index (χ4v) is 2.26. The van der Waals surface area contributed by atoms with Crippen LogP contribution in [0.25, 0.3) is 22.1 Å². The maximum atomic E-state index is 11.4. The van der Waals surface area contributed by atoms with Crippen molar-refractivity contribution in [2.24, 2.45) is 5.73 Å². The van der Waals surface area contributed by atoms with Gasteiger partial charge in [-0.3, -0.25) is 4.79 Å². The van der Waals surface area contributed by atoms with Gasteiger partial charge in [0.1, 0.15) is 17.0 Å². The van der Waals surface area contributed by atoms with Crippen molar-refractivity contribution in [1.82, 2.24) is 19.9 Å². The van der Waals surface area contributed by atoms with Gasteiger partial charge in [0.25, 0.3) is 5.91 Å². The Morgan fingerprint density at radius 2 is 2.32 bits per heavy atom. The van der Waals surface area contributed by atoms with Gasteiger partial charge in [-0.05, 0) is 6.42 Å². The number of rotatable bonds is 4. The lowest BCUT2D eigenvalue weighted by Crippen LogP contribution is -2.10. The molecule has 0 radical (unpaired) electrons. The monoisotopic (exact) mass is 257 g/mol. The van der Waals surface area contributed by atoms with Crippen molar-refractivity contribution >= 4 is 28.0 Å². The van der Waals surface area contributed by atoms with Gasteiger partial charge in [0.15, 0.2) is 0 Å². The normalized spacial score (nSPS) is 11.4. The van der Waals surface area contributed by atoms with E-state index in [1.165, 1.54) is 0 Å². The van der Waals surface area contributed by atoms with Crippen LogP contribution in [0.3, 0.4) is 0 Å². The molecule has 1 amide bonds. The predicted molar refractivity (Wildman–Crippen MR) is 72.9 cm³/mol. The van der Waals surface area contributed by atoms with Crippen LogP contribution >= 0.6 is 0 Å². The number of nitrogens with zero attached hydrogens (tertiary/aromatic N) is 2. The molecule has 3 aromatic rings. The number of aromatic nitrogens is 4. The molecule has 0 aromatic carbocycles. The number of nitrogens with one attached hydrogen (secondary N) is 2. The van der Waals surface area contributed by atoms with Crippen molar-refractivity contribution in [3.63, 3.8) is 0 Å². The number of hydrogen-bond donors (Lipinski definition) is 3. The summed E-state index contributed by atoms with van der Waals surface area (Å²) in [7, 11) is 0. The van der Waals surface area contributed by atoms with Gasteiger partial charge in [-0.1, -0.05) is 13.3 Å². The molecule has 0 saturated heterocycles. The highest BCUT2D eigenvalue weighted by Gasteiger charge is 2.15. The maximum absolute atomic E-state index is 11.4. The van der Waals surface area contributed by atoms with Gasteiger partial charge in [0.2, 0.25) is 0 Å². The van der Waals surface area contributed by atoms with Crippen LogP contribution in [0.5, 0.6) is 0 Å². The Balaban J connectivity index is 2.23. The van der Waals surface area contributed by atoms with Gasteiger partial charge in [0, 0.05) is 12.6 Å². The minimum atomic E-state index is -0.473. The molecule has 6 heteroatoms. The van der Waals surface area contributed by atoms with Crippen molar-refractivity contribution < 1.29 is 4.79 Å². The summed E-state index contributed by atoms with van der Waals surface area (Å²) < 4.78 is 0. The third-order valence-electron chi connectivity index (χ3n) is 3.23. The number of nitrogens with two attached hydrogens (primary N) is 1. The molecule has 0 aliphatic heterocycles. The van der Waals surface area contributed by atoms with Crippen LogP contribution in [0, 0.1) is 0 Å². The van der Waals surface area contributed by atoms with E-state index in [0.717, 1.165) is 36.1 Å². The first-order valence-electron chi connectivity index (χ1n) is 6.35. The lowest BCUT2D eigenvalue weighted by Gasteiger charge is -1.93. The second-order valence-corrected chi connectivity index (χ2v) is 4.60. The first-order valence-corrected chi connectivity index (χ1v) is 6.35. The summed E-state index contributed by atoms with van der Waals surface area (Å²) in [6.07, 6.45) is 6.39. The average Bonchev–Trinajstić information content (AvgIpc) is 2.98. The fourth-order valence-electron chi connectivity index (χ4n) is 2.26. The van der Waals surface area contributed by atoms with E-state index in [4.69, 9.17) is 5.73 Å². The average molecular weight is 257 g/mol. The number of hydrogen-bond acceptors (Lipinski definition) is 3. The molecule has 0 bridgehead atoms. The highest BCUT2D eigenvalue weighted by molar-refractivity contribution is 6.13.